The molecule has 0 bridgehead atoms. The van der Waals surface area contributed by atoms with Gasteiger partial charge in [-0.2, -0.15) is 0 Å². The highest BCUT2D eigenvalue weighted by atomic mass is 16.4. The van der Waals surface area contributed by atoms with Crippen LogP contribution in [0.15, 0.2) is 48.5 Å². The maximum atomic E-state index is 11.6. The molecule has 24 heavy (non-hydrogen) atoms. The van der Waals surface area contributed by atoms with Crippen molar-refractivity contribution >= 4 is 34.1 Å². The summed E-state index contributed by atoms with van der Waals surface area (Å²) >= 11 is 0. The Bertz CT molecular complexity index is 996. The van der Waals surface area contributed by atoms with Crippen LogP contribution in [0.2, 0.25) is 0 Å². The van der Waals surface area contributed by atoms with E-state index in [1.54, 1.807) is 30.3 Å². The van der Waals surface area contributed by atoms with E-state index in [0.29, 0.717) is 33.3 Å². The van der Waals surface area contributed by atoms with E-state index in [2.05, 4.69) is 0 Å². The number of hydrogen-bond donors (Lipinski definition) is 4. The molecular formula is C18H14N2O4. The van der Waals surface area contributed by atoms with E-state index in [1.165, 1.54) is 18.2 Å². The lowest BCUT2D eigenvalue weighted by molar-refractivity contribution is 0.0686. The minimum absolute atomic E-state index is 0.0721. The molecule has 3 rings (SSSR count). The van der Waals surface area contributed by atoms with E-state index in [4.69, 9.17) is 16.6 Å². The average molecular weight is 322 g/mol. The van der Waals surface area contributed by atoms with Gasteiger partial charge in [-0.25, -0.2) is 9.59 Å². The predicted molar refractivity (Wildman–Crippen MR) is 92.1 cm³/mol. The summed E-state index contributed by atoms with van der Waals surface area (Å²) in [7, 11) is 0. The van der Waals surface area contributed by atoms with Crippen molar-refractivity contribution < 1.29 is 19.8 Å². The molecule has 0 saturated carbocycles. The summed E-state index contributed by atoms with van der Waals surface area (Å²) < 4.78 is 0. The third-order valence-electron chi connectivity index (χ3n) is 3.84. The largest absolute Gasteiger partial charge is 0.478 e. The van der Waals surface area contributed by atoms with Gasteiger partial charge in [0, 0.05) is 22.5 Å². The first kappa shape index (κ1) is 15.4. The topological polar surface area (TPSA) is 127 Å². The Morgan fingerprint density at radius 2 is 1.58 bits per heavy atom. The number of carboxylic acid groups (broad SMARTS) is 2. The molecule has 0 atom stereocenters. The van der Waals surface area contributed by atoms with Crippen LogP contribution in [0, 0.1) is 0 Å². The lowest BCUT2D eigenvalue weighted by atomic mass is 9.91. The van der Waals surface area contributed by atoms with Gasteiger partial charge in [0.1, 0.15) is 0 Å². The number of aromatic carboxylic acids is 2. The number of nitrogen functional groups attached to an aromatic ring is 2. The number of benzene rings is 3. The van der Waals surface area contributed by atoms with Gasteiger partial charge >= 0.3 is 11.9 Å². The van der Waals surface area contributed by atoms with Gasteiger partial charge in [-0.1, -0.05) is 12.1 Å². The number of nitrogens with two attached hydrogens (primary N) is 2. The Hall–Kier alpha value is -3.54. The van der Waals surface area contributed by atoms with Crippen LogP contribution in [0.3, 0.4) is 0 Å². The summed E-state index contributed by atoms with van der Waals surface area (Å²) in [6.45, 7) is 0. The summed E-state index contributed by atoms with van der Waals surface area (Å²) in [6, 6.07) is 12.4. The molecule has 0 radical (unpaired) electrons. The summed E-state index contributed by atoms with van der Waals surface area (Å²) in [4.78, 5) is 22.8. The first-order valence-corrected chi connectivity index (χ1v) is 7.07. The Kier molecular flexibility index (Phi) is 3.57. The first-order valence-electron chi connectivity index (χ1n) is 7.07. The third kappa shape index (κ3) is 2.50. The molecule has 0 unspecified atom stereocenters. The molecule has 0 fully saturated rings. The molecule has 6 heteroatoms. The van der Waals surface area contributed by atoms with Gasteiger partial charge in [-0.05, 0) is 47.2 Å². The minimum atomic E-state index is -1.10. The summed E-state index contributed by atoms with van der Waals surface area (Å²) in [6.07, 6.45) is 0. The van der Waals surface area contributed by atoms with Crippen molar-refractivity contribution in [1.82, 2.24) is 0 Å². The van der Waals surface area contributed by atoms with Crippen LogP contribution in [0.4, 0.5) is 11.4 Å². The van der Waals surface area contributed by atoms with Gasteiger partial charge in [0.2, 0.25) is 0 Å². The summed E-state index contributed by atoms with van der Waals surface area (Å²) in [5.41, 5.74) is 13.8. The highest BCUT2D eigenvalue weighted by molar-refractivity contribution is 6.10. The van der Waals surface area contributed by atoms with E-state index in [-0.39, 0.29) is 11.1 Å². The Labute approximate surface area is 136 Å². The van der Waals surface area contributed by atoms with Gasteiger partial charge in [0.25, 0.3) is 0 Å². The Morgan fingerprint density at radius 1 is 0.833 bits per heavy atom. The lowest BCUT2D eigenvalue weighted by Crippen LogP contribution is -2.03. The molecule has 0 aliphatic heterocycles. The standard InChI is InChI=1S/C18H14N2O4/c19-11-3-6-15(20)14(8-11)16-12-4-2-10(17(21)22)7-9(12)1-5-13(16)18(23)24/h1-8H,19-20H2,(H,21,22)(H,23,24). The zero-order valence-electron chi connectivity index (χ0n) is 12.5. The molecule has 0 aliphatic rings. The summed E-state index contributed by atoms with van der Waals surface area (Å²) in [5, 5.41) is 19.8. The zero-order chi connectivity index (χ0) is 17.4. The SMILES string of the molecule is Nc1ccc(N)c(-c2c(C(=O)O)ccc3cc(C(=O)O)ccc23)c1. The van der Waals surface area contributed by atoms with Crippen molar-refractivity contribution in [3.8, 4) is 11.1 Å². The average Bonchev–Trinajstić information content (AvgIpc) is 2.55. The normalized spacial score (nSPS) is 10.7. The van der Waals surface area contributed by atoms with Crippen molar-refractivity contribution in [3.05, 3.63) is 59.7 Å². The maximum absolute atomic E-state index is 11.6. The number of rotatable bonds is 3. The van der Waals surface area contributed by atoms with Crippen LogP contribution in [-0.2, 0) is 0 Å². The van der Waals surface area contributed by atoms with Crippen molar-refractivity contribution in [1.29, 1.82) is 0 Å². The zero-order valence-corrected chi connectivity index (χ0v) is 12.5. The fraction of sp³-hybridized carbons (Fsp3) is 0. The molecule has 0 heterocycles. The van der Waals surface area contributed by atoms with Crippen LogP contribution in [-0.4, -0.2) is 22.2 Å². The monoisotopic (exact) mass is 322 g/mol. The molecule has 3 aromatic rings. The van der Waals surface area contributed by atoms with Gasteiger partial charge in [-0.15, -0.1) is 0 Å². The molecule has 0 aromatic heterocycles. The van der Waals surface area contributed by atoms with E-state index < -0.39 is 11.9 Å². The van der Waals surface area contributed by atoms with Crippen molar-refractivity contribution in [2.45, 2.75) is 0 Å². The van der Waals surface area contributed by atoms with Gasteiger partial charge < -0.3 is 21.7 Å². The van der Waals surface area contributed by atoms with Crippen LogP contribution in [0.25, 0.3) is 21.9 Å². The molecular weight excluding hydrogens is 308 g/mol. The molecule has 0 aliphatic carbocycles. The number of carbonyl (C=O) groups is 2. The third-order valence-corrected chi connectivity index (χ3v) is 3.84. The maximum Gasteiger partial charge on any atom is 0.336 e. The van der Waals surface area contributed by atoms with Crippen LogP contribution in [0.1, 0.15) is 20.7 Å². The molecule has 0 spiro atoms. The Morgan fingerprint density at radius 3 is 2.25 bits per heavy atom. The quantitative estimate of drug-likeness (QED) is 0.549. The van der Waals surface area contributed by atoms with Gasteiger partial charge in [0.05, 0.1) is 11.1 Å². The number of anilines is 2. The molecule has 120 valence electrons. The molecule has 0 amide bonds. The van der Waals surface area contributed by atoms with Crippen molar-refractivity contribution in [2.75, 3.05) is 11.5 Å². The molecule has 0 saturated heterocycles. The minimum Gasteiger partial charge on any atom is -0.478 e. The van der Waals surface area contributed by atoms with E-state index >= 15 is 0 Å². The fourth-order valence-corrected chi connectivity index (χ4v) is 2.72. The van der Waals surface area contributed by atoms with Crippen molar-refractivity contribution in [2.24, 2.45) is 0 Å². The van der Waals surface area contributed by atoms with E-state index in [1.807, 2.05) is 0 Å². The van der Waals surface area contributed by atoms with Gasteiger partial charge in [0.15, 0.2) is 0 Å². The second-order valence-corrected chi connectivity index (χ2v) is 5.38. The Balaban J connectivity index is 2.42. The first-order chi connectivity index (χ1) is 11.4. The number of hydrogen-bond acceptors (Lipinski definition) is 4. The number of fused-ring (bicyclic) bond motifs is 1. The summed E-state index contributed by atoms with van der Waals surface area (Å²) in [5.74, 6) is -2.15. The second-order valence-electron chi connectivity index (χ2n) is 5.38. The highest BCUT2D eigenvalue weighted by Gasteiger charge is 2.18. The van der Waals surface area contributed by atoms with Gasteiger partial charge in [-0.3, -0.25) is 0 Å². The molecule has 6 nitrogen and oxygen atoms in total. The van der Waals surface area contributed by atoms with E-state index in [0.717, 1.165) is 0 Å². The smallest absolute Gasteiger partial charge is 0.336 e. The van der Waals surface area contributed by atoms with Crippen molar-refractivity contribution in [3.63, 3.8) is 0 Å². The molecule has 6 N–H and O–H groups in total. The molecule has 3 aromatic carbocycles. The predicted octanol–water partition coefficient (Wildman–Crippen LogP) is 3.07. The highest BCUT2D eigenvalue weighted by Crippen LogP contribution is 2.37. The second kappa shape index (κ2) is 5.58. The van der Waals surface area contributed by atoms with Crippen LogP contribution >= 0.6 is 0 Å². The van der Waals surface area contributed by atoms with Crippen LogP contribution < -0.4 is 11.5 Å². The number of carboxylic acids is 2. The van der Waals surface area contributed by atoms with E-state index in [9.17, 15) is 14.7 Å². The fourth-order valence-electron chi connectivity index (χ4n) is 2.72. The lowest BCUT2D eigenvalue weighted by Gasteiger charge is -2.14. The van der Waals surface area contributed by atoms with Crippen LogP contribution in [0.5, 0.6) is 0 Å².